The molecule has 2 aromatic rings. The number of halogens is 2. The first kappa shape index (κ1) is 15.4. The second-order valence-corrected chi connectivity index (χ2v) is 5.58. The quantitative estimate of drug-likeness (QED) is 0.481. The Kier molecular flexibility index (Phi) is 4.78. The summed E-state index contributed by atoms with van der Waals surface area (Å²) in [4.78, 5) is 5.24. The number of aromatic nitrogens is 3. The van der Waals surface area contributed by atoms with Crippen LogP contribution in [0.2, 0.25) is 5.02 Å². The summed E-state index contributed by atoms with van der Waals surface area (Å²) in [5, 5.41) is 6.00. The standard InChI is InChI=1S/C8H9ClN3S.ClHO4/c1-4-7(9)5(2)12-8(10-4)13-6(3)11-12;2-1(3,4)5/h1-3H3;(H,2,3,4,5)/q+1;/p-1. The molecule has 2 aromatic heterocycles. The third-order valence-corrected chi connectivity index (χ3v) is 3.25. The summed E-state index contributed by atoms with van der Waals surface area (Å²) < 4.78 is 35.8. The van der Waals surface area contributed by atoms with Crippen molar-refractivity contribution in [1.29, 1.82) is 0 Å². The highest BCUT2D eigenvalue weighted by molar-refractivity contribution is 7.16. The normalized spacial score (nSPS) is 11.3. The summed E-state index contributed by atoms with van der Waals surface area (Å²) in [6.07, 6.45) is 0. The van der Waals surface area contributed by atoms with Gasteiger partial charge in [-0.3, -0.25) is 0 Å². The number of aryl methyl sites for hydroxylation is 3. The number of rotatable bonds is 0. The number of hydrogen-bond donors (Lipinski definition) is 0. The first-order valence-corrected chi connectivity index (χ1v) is 6.96. The van der Waals surface area contributed by atoms with E-state index in [1.807, 2.05) is 20.8 Å². The second kappa shape index (κ2) is 5.57. The number of nitrogens with zero attached hydrogens (tertiary/aromatic N) is 3. The summed E-state index contributed by atoms with van der Waals surface area (Å²) in [5.74, 6) is 0. The third kappa shape index (κ3) is 4.25. The molecule has 0 N–H and O–H groups in total. The van der Waals surface area contributed by atoms with E-state index in [0.717, 1.165) is 21.4 Å². The van der Waals surface area contributed by atoms with Crippen LogP contribution in [0.4, 0.5) is 0 Å². The fourth-order valence-corrected chi connectivity index (χ4v) is 2.17. The average molecular weight is 314 g/mol. The van der Waals surface area contributed by atoms with Crippen molar-refractivity contribution in [2.45, 2.75) is 20.8 Å². The first-order chi connectivity index (χ1) is 8.09. The van der Waals surface area contributed by atoms with Crippen molar-refractivity contribution in [3.05, 3.63) is 21.4 Å². The maximum Gasteiger partial charge on any atom is 0.410 e. The highest BCUT2D eigenvalue weighted by Gasteiger charge is 2.18. The van der Waals surface area contributed by atoms with E-state index >= 15 is 0 Å². The SMILES string of the molecule is Cc1n[n+]2c(C)c(Cl)c(C)nc2s1.[O-][Cl+3]([O-])([O-])[O-]. The molecule has 2 rings (SSSR count). The van der Waals surface area contributed by atoms with Gasteiger partial charge in [0.05, 0.1) is 0 Å². The molecule has 0 fully saturated rings. The summed E-state index contributed by atoms with van der Waals surface area (Å²) in [6, 6.07) is 0. The van der Waals surface area contributed by atoms with Crippen LogP contribution in [0, 0.1) is 31.0 Å². The van der Waals surface area contributed by atoms with Crippen LogP contribution in [0.3, 0.4) is 0 Å². The van der Waals surface area contributed by atoms with Gasteiger partial charge in [0.15, 0.2) is 11.4 Å². The van der Waals surface area contributed by atoms with E-state index in [2.05, 4.69) is 10.1 Å². The third-order valence-electron chi connectivity index (χ3n) is 1.88. The van der Waals surface area contributed by atoms with Gasteiger partial charge in [-0.15, -0.1) is 10.2 Å². The van der Waals surface area contributed by atoms with Crippen LogP contribution in [0.25, 0.3) is 4.96 Å². The highest BCUT2D eigenvalue weighted by Crippen LogP contribution is 2.17. The lowest BCUT2D eigenvalue weighted by Gasteiger charge is -2.17. The van der Waals surface area contributed by atoms with Crippen molar-refractivity contribution in [2.24, 2.45) is 0 Å². The minimum absolute atomic E-state index is 0.697. The Hall–Kier alpha value is -0.610. The molecule has 0 radical (unpaired) electrons. The molecular weight excluding hydrogens is 305 g/mol. The molecule has 0 saturated carbocycles. The molecule has 18 heavy (non-hydrogen) atoms. The molecule has 0 unspecified atom stereocenters. The van der Waals surface area contributed by atoms with Crippen molar-refractivity contribution in [1.82, 2.24) is 10.1 Å². The van der Waals surface area contributed by atoms with Gasteiger partial charge in [-0.1, -0.05) is 21.2 Å². The molecule has 0 saturated heterocycles. The predicted octanol–water partition coefficient (Wildman–Crippen LogP) is -2.90. The van der Waals surface area contributed by atoms with Crippen LogP contribution >= 0.6 is 22.9 Å². The lowest BCUT2D eigenvalue weighted by atomic mass is 10.3. The maximum absolute atomic E-state index is 8.49. The molecule has 0 aliphatic rings. The predicted molar refractivity (Wildman–Crippen MR) is 52.3 cm³/mol. The van der Waals surface area contributed by atoms with Crippen molar-refractivity contribution in [2.75, 3.05) is 0 Å². The Bertz CT molecular complexity index is 563. The largest absolute Gasteiger partial charge is 0.410 e. The number of hydrogen-bond acceptors (Lipinski definition) is 7. The van der Waals surface area contributed by atoms with Gasteiger partial charge >= 0.3 is 4.96 Å². The van der Waals surface area contributed by atoms with Crippen LogP contribution in [-0.4, -0.2) is 10.1 Å². The van der Waals surface area contributed by atoms with Crippen LogP contribution in [0.1, 0.15) is 16.4 Å². The zero-order chi connectivity index (χ0) is 14.1. The molecule has 0 amide bonds. The summed E-state index contributed by atoms with van der Waals surface area (Å²) >= 11 is 7.62. The van der Waals surface area contributed by atoms with E-state index in [1.165, 1.54) is 0 Å². The van der Waals surface area contributed by atoms with Crippen molar-refractivity contribution >= 4 is 27.9 Å². The lowest BCUT2D eigenvalue weighted by Crippen LogP contribution is -2.68. The second-order valence-electron chi connectivity index (χ2n) is 3.29. The van der Waals surface area contributed by atoms with Crippen molar-refractivity contribution in [3.63, 3.8) is 0 Å². The zero-order valence-corrected chi connectivity index (χ0v) is 12.0. The van der Waals surface area contributed by atoms with Crippen LogP contribution in [0.15, 0.2) is 0 Å². The smallest absolute Gasteiger partial charge is 0.222 e. The van der Waals surface area contributed by atoms with Gasteiger partial charge in [0.1, 0.15) is 10.0 Å². The van der Waals surface area contributed by atoms with Crippen LogP contribution < -0.4 is 23.2 Å². The Morgan fingerprint density at radius 3 is 2.17 bits per heavy atom. The van der Waals surface area contributed by atoms with E-state index in [-0.39, 0.29) is 0 Å². The minimum Gasteiger partial charge on any atom is -0.222 e. The summed E-state index contributed by atoms with van der Waals surface area (Å²) in [5.41, 5.74) is 1.82. The van der Waals surface area contributed by atoms with Gasteiger partial charge in [-0.2, -0.15) is 0 Å². The van der Waals surface area contributed by atoms with Gasteiger partial charge in [-0.05, 0) is 23.2 Å². The zero-order valence-electron chi connectivity index (χ0n) is 9.64. The Morgan fingerprint density at radius 2 is 1.67 bits per heavy atom. The van der Waals surface area contributed by atoms with E-state index in [0.29, 0.717) is 5.02 Å². The van der Waals surface area contributed by atoms with Gasteiger partial charge in [0.25, 0.3) is 0 Å². The molecule has 0 aliphatic carbocycles. The van der Waals surface area contributed by atoms with Crippen LogP contribution in [0.5, 0.6) is 0 Å². The van der Waals surface area contributed by atoms with Crippen molar-refractivity contribution < 1.29 is 33.4 Å². The fourth-order valence-electron chi connectivity index (χ4n) is 1.22. The van der Waals surface area contributed by atoms with Gasteiger partial charge in [-0.25, -0.2) is 18.6 Å². The van der Waals surface area contributed by atoms with Gasteiger partial charge in [0, 0.05) is 13.8 Å². The molecule has 10 heteroatoms. The van der Waals surface area contributed by atoms with E-state index in [9.17, 15) is 0 Å². The molecule has 0 spiro atoms. The van der Waals surface area contributed by atoms with Crippen molar-refractivity contribution in [3.8, 4) is 0 Å². The summed E-state index contributed by atoms with van der Waals surface area (Å²) in [6.45, 7) is 5.82. The first-order valence-electron chi connectivity index (χ1n) is 4.53. The molecule has 0 aliphatic heterocycles. The van der Waals surface area contributed by atoms with Gasteiger partial charge in [0.2, 0.25) is 0 Å². The molecular formula is C8H9Cl2N3O4S. The monoisotopic (exact) mass is 313 g/mol. The molecule has 0 atom stereocenters. The minimum atomic E-state index is -4.94. The Balaban J connectivity index is 0.000000280. The fraction of sp³-hybridized carbons (Fsp3) is 0.375. The van der Waals surface area contributed by atoms with Crippen LogP contribution in [-0.2, 0) is 0 Å². The molecule has 7 nitrogen and oxygen atoms in total. The van der Waals surface area contributed by atoms with E-state index in [4.69, 9.17) is 30.2 Å². The summed E-state index contributed by atoms with van der Waals surface area (Å²) in [7, 11) is -4.94. The average Bonchev–Trinajstić information content (AvgIpc) is 2.53. The molecule has 0 bridgehead atoms. The van der Waals surface area contributed by atoms with E-state index < -0.39 is 10.2 Å². The molecule has 2 heterocycles. The van der Waals surface area contributed by atoms with E-state index in [1.54, 1.807) is 15.9 Å². The Labute approximate surface area is 114 Å². The molecule has 100 valence electrons. The highest BCUT2D eigenvalue weighted by atomic mass is 35.7. The topological polar surface area (TPSA) is 122 Å². The van der Waals surface area contributed by atoms with Gasteiger partial charge < -0.3 is 0 Å². The lowest BCUT2D eigenvalue weighted by molar-refractivity contribution is -2.00. The molecule has 0 aromatic carbocycles. The maximum atomic E-state index is 8.49. The Morgan fingerprint density at radius 1 is 1.17 bits per heavy atom. The number of fused-ring (bicyclic) bond motifs is 1.